The van der Waals surface area contributed by atoms with Gasteiger partial charge in [0.2, 0.25) is 5.91 Å². The van der Waals surface area contributed by atoms with E-state index in [1.807, 2.05) is 7.05 Å². The third kappa shape index (κ3) is 2.96. The lowest BCUT2D eigenvalue weighted by atomic mass is 9.72. The van der Waals surface area contributed by atoms with Gasteiger partial charge in [-0.1, -0.05) is 39.0 Å². The molecule has 19 heavy (non-hydrogen) atoms. The Balaban J connectivity index is 2.08. The second-order valence-electron chi connectivity index (χ2n) is 6.79. The van der Waals surface area contributed by atoms with Crippen molar-refractivity contribution in [2.75, 3.05) is 13.6 Å². The number of carbonyl (C=O) groups is 1. The molecule has 3 nitrogen and oxygen atoms in total. The van der Waals surface area contributed by atoms with E-state index < -0.39 is 0 Å². The summed E-state index contributed by atoms with van der Waals surface area (Å²) in [5, 5.41) is 0. The zero-order valence-corrected chi connectivity index (χ0v) is 12.7. The van der Waals surface area contributed by atoms with Crippen LogP contribution in [0.4, 0.5) is 0 Å². The Morgan fingerprint density at radius 1 is 1.16 bits per heavy atom. The highest BCUT2D eigenvalue weighted by molar-refractivity contribution is 5.83. The molecule has 0 aromatic heterocycles. The van der Waals surface area contributed by atoms with E-state index in [1.54, 1.807) is 0 Å². The molecule has 110 valence electrons. The Kier molecular flexibility index (Phi) is 4.88. The van der Waals surface area contributed by atoms with Gasteiger partial charge in [0.1, 0.15) is 0 Å². The fourth-order valence-electron chi connectivity index (χ4n) is 4.13. The fraction of sp³-hybridized carbons (Fsp3) is 0.938. The van der Waals surface area contributed by atoms with Gasteiger partial charge < -0.3 is 10.6 Å². The van der Waals surface area contributed by atoms with Gasteiger partial charge in [0.05, 0.1) is 5.41 Å². The molecule has 0 heterocycles. The number of nitrogens with zero attached hydrogens (tertiary/aromatic N) is 1. The maximum absolute atomic E-state index is 12.9. The average molecular weight is 266 g/mol. The maximum atomic E-state index is 12.9. The summed E-state index contributed by atoms with van der Waals surface area (Å²) in [6, 6.07) is 0.437. The Labute approximate surface area is 117 Å². The Bertz CT molecular complexity index is 310. The van der Waals surface area contributed by atoms with Gasteiger partial charge in [-0.05, 0) is 31.6 Å². The van der Waals surface area contributed by atoms with Crippen LogP contribution >= 0.6 is 0 Å². The molecular weight excluding hydrogens is 236 g/mol. The van der Waals surface area contributed by atoms with Crippen LogP contribution in [0.1, 0.15) is 64.7 Å². The number of rotatable bonds is 3. The third-order valence-corrected chi connectivity index (χ3v) is 5.54. The minimum atomic E-state index is -0.246. The topological polar surface area (TPSA) is 46.3 Å². The van der Waals surface area contributed by atoms with E-state index in [1.165, 1.54) is 32.1 Å². The first-order valence-corrected chi connectivity index (χ1v) is 8.08. The molecule has 1 amide bonds. The second kappa shape index (κ2) is 6.25. The molecule has 2 aliphatic rings. The summed E-state index contributed by atoms with van der Waals surface area (Å²) in [4.78, 5) is 15.0. The van der Waals surface area contributed by atoms with Crippen molar-refractivity contribution in [3.8, 4) is 0 Å². The smallest absolute Gasteiger partial charge is 0.230 e. The van der Waals surface area contributed by atoms with Gasteiger partial charge in [0, 0.05) is 19.6 Å². The average Bonchev–Trinajstić information content (AvgIpc) is 2.47. The van der Waals surface area contributed by atoms with Crippen LogP contribution in [-0.2, 0) is 4.79 Å². The van der Waals surface area contributed by atoms with Gasteiger partial charge >= 0.3 is 0 Å². The molecule has 0 aliphatic heterocycles. The number of hydrogen-bond donors (Lipinski definition) is 1. The van der Waals surface area contributed by atoms with Crippen molar-refractivity contribution in [2.45, 2.75) is 70.8 Å². The zero-order valence-electron chi connectivity index (χ0n) is 12.7. The molecule has 2 rings (SSSR count). The number of nitrogens with two attached hydrogens (primary N) is 1. The van der Waals surface area contributed by atoms with Crippen molar-refractivity contribution < 1.29 is 4.79 Å². The molecule has 2 N–H and O–H groups in total. The van der Waals surface area contributed by atoms with Crippen molar-refractivity contribution in [2.24, 2.45) is 17.1 Å². The van der Waals surface area contributed by atoms with Crippen LogP contribution in [0.2, 0.25) is 0 Å². The monoisotopic (exact) mass is 266 g/mol. The number of hydrogen-bond acceptors (Lipinski definition) is 2. The summed E-state index contributed by atoms with van der Waals surface area (Å²) in [5.41, 5.74) is 5.75. The van der Waals surface area contributed by atoms with Gasteiger partial charge in [-0.3, -0.25) is 4.79 Å². The minimum absolute atomic E-state index is 0.246. The SMILES string of the molecule is CC1CCCCC1N(C)C(=O)C1(CN)CCCCC1. The highest BCUT2D eigenvalue weighted by Crippen LogP contribution is 2.38. The van der Waals surface area contributed by atoms with Crippen LogP contribution in [0.25, 0.3) is 0 Å². The van der Waals surface area contributed by atoms with Gasteiger partial charge in [-0.2, -0.15) is 0 Å². The first kappa shape index (κ1) is 14.8. The van der Waals surface area contributed by atoms with Gasteiger partial charge in [0.15, 0.2) is 0 Å². The quantitative estimate of drug-likeness (QED) is 0.853. The summed E-state index contributed by atoms with van der Waals surface area (Å²) >= 11 is 0. The molecule has 0 aromatic rings. The molecule has 0 saturated heterocycles. The standard InChI is InChI=1S/C16H30N2O/c1-13-8-4-5-9-14(13)18(2)15(19)16(12-17)10-6-3-7-11-16/h13-14H,3-12,17H2,1-2H3. The summed E-state index contributed by atoms with van der Waals surface area (Å²) in [6.45, 7) is 2.82. The number of carbonyl (C=O) groups excluding carboxylic acids is 1. The van der Waals surface area contributed by atoms with Crippen molar-refractivity contribution in [3.05, 3.63) is 0 Å². The largest absolute Gasteiger partial charge is 0.342 e. The van der Waals surface area contributed by atoms with Gasteiger partial charge in [-0.15, -0.1) is 0 Å². The second-order valence-corrected chi connectivity index (χ2v) is 6.79. The molecule has 2 atom stereocenters. The molecule has 0 aromatic carbocycles. The summed E-state index contributed by atoms with van der Waals surface area (Å²) in [5.74, 6) is 0.967. The lowest BCUT2D eigenvalue weighted by Gasteiger charge is -2.43. The first-order valence-electron chi connectivity index (χ1n) is 8.08. The molecule has 2 fully saturated rings. The summed E-state index contributed by atoms with van der Waals surface area (Å²) in [7, 11) is 2.01. The number of amides is 1. The van der Waals surface area contributed by atoms with Crippen LogP contribution in [0.5, 0.6) is 0 Å². The molecule has 0 radical (unpaired) electrons. The van der Waals surface area contributed by atoms with Gasteiger partial charge in [-0.25, -0.2) is 0 Å². The van der Waals surface area contributed by atoms with Crippen molar-refractivity contribution >= 4 is 5.91 Å². The Morgan fingerprint density at radius 2 is 1.79 bits per heavy atom. The van der Waals surface area contributed by atoms with E-state index in [9.17, 15) is 4.79 Å². The normalized spacial score (nSPS) is 30.9. The lowest BCUT2D eigenvalue weighted by molar-refractivity contribution is -0.146. The highest BCUT2D eigenvalue weighted by atomic mass is 16.2. The highest BCUT2D eigenvalue weighted by Gasteiger charge is 2.42. The lowest BCUT2D eigenvalue weighted by Crippen LogP contribution is -2.52. The third-order valence-electron chi connectivity index (χ3n) is 5.54. The fourth-order valence-corrected chi connectivity index (χ4v) is 4.13. The van der Waals surface area contributed by atoms with Gasteiger partial charge in [0.25, 0.3) is 0 Å². The van der Waals surface area contributed by atoms with E-state index in [0.29, 0.717) is 24.4 Å². The first-order chi connectivity index (χ1) is 9.10. The summed E-state index contributed by atoms with van der Waals surface area (Å²) in [6.07, 6.45) is 10.6. The molecular formula is C16H30N2O. The van der Waals surface area contributed by atoms with Crippen LogP contribution in [0, 0.1) is 11.3 Å². The zero-order chi connectivity index (χ0) is 13.9. The van der Waals surface area contributed by atoms with Crippen LogP contribution in [0.15, 0.2) is 0 Å². The van der Waals surface area contributed by atoms with Crippen molar-refractivity contribution in [1.82, 2.24) is 4.90 Å². The summed E-state index contributed by atoms with van der Waals surface area (Å²) < 4.78 is 0. The molecule has 0 bridgehead atoms. The Hall–Kier alpha value is -0.570. The van der Waals surface area contributed by atoms with E-state index in [0.717, 1.165) is 25.7 Å². The van der Waals surface area contributed by atoms with Crippen LogP contribution in [0.3, 0.4) is 0 Å². The maximum Gasteiger partial charge on any atom is 0.230 e. The predicted molar refractivity (Wildman–Crippen MR) is 78.8 cm³/mol. The molecule has 2 unspecified atom stereocenters. The molecule has 0 spiro atoms. The predicted octanol–water partition coefficient (Wildman–Crippen LogP) is 2.93. The van der Waals surface area contributed by atoms with Crippen molar-refractivity contribution in [3.63, 3.8) is 0 Å². The van der Waals surface area contributed by atoms with Crippen LogP contribution < -0.4 is 5.73 Å². The molecule has 2 saturated carbocycles. The van der Waals surface area contributed by atoms with Crippen LogP contribution in [-0.4, -0.2) is 30.4 Å². The van der Waals surface area contributed by atoms with Crippen molar-refractivity contribution in [1.29, 1.82) is 0 Å². The van der Waals surface area contributed by atoms with E-state index in [2.05, 4.69) is 11.8 Å². The molecule has 3 heteroatoms. The van der Waals surface area contributed by atoms with E-state index in [4.69, 9.17) is 5.73 Å². The van der Waals surface area contributed by atoms with E-state index >= 15 is 0 Å². The van der Waals surface area contributed by atoms with E-state index in [-0.39, 0.29) is 5.41 Å². The Morgan fingerprint density at radius 3 is 2.37 bits per heavy atom. The minimum Gasteiger partial charge on any atom is -0.342 e. The molecule has 2 aliphatic carbocycles.